The van der Waals surface area contributed by atoms with Crippen LogP contribution in [0.5, 0.6) is 0 Å². The van der Waals surface area contributed by atoms with Gasteiger partial charge in [-0.05, 0) is 44.6 Å². The Kier molecular flexibility index (Phi) is 4.00. The molecule has 0 spiro atoms. The second-order valence-electron chi connectivity index (χ2n) is 5.22. The van der Waals surface area contributed by atoms with Gasteiger partial charge in [-0.15, -0.1) is 0 Å². The van der Waals surface area contributed by atoms with Gasteiger partial charge >= 0.3 is 0 Å². The third-order valence-electron chi connectivity index (χ3n) is 3.91. The van der Waals surface area contributed by atoms with Gasteiger partial charge in [0.1, 0.15) is 0 Å². The number of nitrogens with two attached hydrogens (primary N) is 1. The van der Waals surface area contributed by atoms with E-state index in [0.29, 0.717) is 6.04 Å². The minimum atomic E-state index is 0.365. The third kappa shape index (κ3) is 3.16. The average Bonchev–Trinajstić information content (AvgIpc) is 2.68. The lowest BCUT2D eigenvalue weighted by Gasteiger charge is -2.27. The minimum absolute atomic E-state index is 0.365. The van der Waals surface area contributed by atoms with E-state index >= 15 is 0 Å². The molecule has 0 radical (unpaired) electrons. The lowest BCUT2D eigenvalue weighted by atomic mass is 9.99. The maximum atomic E-state index is 5.95. The quantitative estimate of drug-likeness (QED) is 0.761. The number of nitrogens with zero attached hydrogens (tertiary/aromatic N) is 1. The van der Waals surface area contributed by atoms with E-state index in [9.17, 15) is 0 Å². The Hall–Kier alpha value is -0.120. The molecule has 2 heterocycles. The van der Waals surface area contributed by atoms with E-state index in [0.717, 1.165) is 25.0 Å². The lowest BCUT2D eigenvalue weighted by Crippen LogP contribution is -2.33. The van der Waals surface area contributed by atoms with Crippen LogP contribution < -0.4 is 5.73 Å². The first-order valence-corrected chi connectivity index (χ1v) is 6.31. The largest absolute Gasteiger partial charge is 0.381 e. The van der Waals surface area contributed by atoms with Gasteiger partial charge in [0.25, 0.3) is 0 Å². The van der Waals surface area contributed by atoms with Gasteiger partial charge in [-0.3, -0.25) is 0 Å². The predicted molar refractivity (Wildman–Crippen MR) is 61.7 cm³/mol. The molecule has 2 unspecified atom stereocenters. The van der Waals surface area contributed by atoms with E-state index < -0.39 is 0 Å². The molecule has 0 aromatic rings. The van der Waals surface area contributed by atoms with Crippen molar-refractivity contribution >= 4 is 0 Å². The minimum Gasteiger partial charge on any atom is -0.381 e. The molecule has 0 aliphatic carbocycles. The van der Waals surface area contributed by atoms with Gasteiger partial charge in [0, 0.05) is 32.3 Å². The Balaban J connectivity index is 1.71. The number of hydrogen-bond donors (Lipinski definition) is 1. The van der Waals surface area contributed by atoms with E-state index in [1.165, 1.54) is 38.9 Å². The Morgan fingerprint density at radius 2 is 2.07 bits per heavy atom. The van der Waals surface area contributed by atoms with Crippen LogP contribution in [0.4, 0.5) is 0 Å². The molecule has 2 atom stereocenters. The standard InChI is InChI=1S/C12H24N2O/c1-10(13)12-2-5-14(9-12)8-11-3-6-15-7-4-11/h10-12H,2-9,13H2,1H3. The molecule has 15 heavy (non-hydrogen) atoms. The molecular weight excluding hydrogens is 188 g/mol. The van der Waals surface area contributed by atoms with Crippen molar-refractivity contribution in [1.82, 2.24) is 4.90 Å². The van der Waals surface area contributed by atoms with E-state index in [-0.39, 0.29) is 0 Å². The summed E-state index contributed by atoms with van der Waals surface area (Å²) in [5.41, 5.74) is 5.95. The van der Waals surface area contributed by atoms with E-state index in [2.05, 4.69) is 11.8 Å². The highest BCUT2D eigenvalue weighted by molar-refractivity contribution is 4.82. The third-order valence-corrected chi connectivity index (χ3v) is 3.91. The van der Waals surface area contributed by atoms with Crippen LogP contribution in [0.15, 0.2) is 0 Å². The highest BCUT2D eigenvalue weighted by atomic mass is 16.5. The van der Waals surface area contributed by atoms with Crippen LogP contribution in [0.3, 0.4) is 0 Å². The number of ether oxygens (including phenoxy) is 1. The van der Waals surface area contributed by atoms with Crippen molar-refractivity contribution in [3.63, 3.8) is 0 Å². The Bertz CT molecular complexity index is 190. The second kappa shape index (κ2) is 5.28. The number of rotatable bonds is 3. The fourth-order valence-electron chi connectivity index (χ4n) is 2.75. The molecule has 0 saturated carbocycles. The average molecular weight is 212 g/mol. The normalized spacial score (nSPS) is 32.0. The zero-order valence-electron chi connectivity index (χ0n) is 9.82. The van der Waals surface area contributed by atoms with Crippen LogP contribution >= 0.6 is 0 Å². The molecule has 2 rings (SSSR count). The molecule has 0 bridgehead atoms. The summed E-state index contributed by atoms with van der Waals surface area (Å²) in [6.45, 7) is 7.82. The first kappa shape index (κ1) is 11.4. The number of hydrogen-bond acceptors (Lipinski definition) is 3. The Morgan fingerprint density at radius 3 is 2.67 bits per heavy atom. The first-order valence-electron chi connectivity index (χ1n) is 6.31. The topological polar surface area (TPSA) is 38.5 Å². The Morgan fingerprint density at radius 1 is 1.33 bits per heavy atom. The van der Waals surface area contributed by atoms with Crippen LogP contribution in [-0.4, -0.2) is 43.8 Å². The summed E-state index contributed by atoms with van der Waals surface area (Å²) in [6, 6.07) is 0.365. The van der Waals surface area contributed by atoms with Crippen LogP contribution in [0.25, 0.3) is 0 Å². The zero-order valence-corrected chi connectivity index (χ0v) is 9.82. The van der Waals surface area contributed by atoms with E-state index in [4.69, 9.17) is 10.5 Å². The first-order chi connectivity index (χ1) is 7.25. The summed E-state index contributed by atoms with van der Waals surface area (Å²) in [5.74, 6) is 1.59. The van der Waals surface area contributed by atoms with E-state index in [1.807, 2.05) is 0 Å². The molecular formula is C12H24N2O. The summed E-state index contributed by atoms with van der Waals surface area (Å²) in [5, 5.41) is 0. The zero-order chi connectivity index (χ0) is 10.7. The second-order valence-corrected chi connectivity index (χ2v) is 5.22. The van der Waals surface area contributed by atoms with Gasteiger partial charge in [0.2, 0.25) is 0 Å². The molecule has 2 aliphatic rings. The smallest absolute Gasteiger partial charge is 0.0469 e. The molecule has 3 nitrogen and oxygen atoms in total. The van der Waals surface area contributed by atoms with Gasteiger partial charge < -0.3 is 15.4 Å². The molecule has 2 N–H and O–H groups in total. The molecule has 88 valence electrons. The van der Waals surface area contributed by atoms with E-state index in [1.54, 1.807) is 0 Å². The summed E-state index contributed by atoms with van der Waals surface area (Å²) in [6.07, 6.45) is 3.79. The van der Waals surface area contributed by atoms with Crippen LogP contribution in [0.1, 0.15) is 26.2 Å². The highest BCUT2D eigenvalue weighted by Gasteiger charge is 2.27. The van der Waals surface area contributed by atoms with Gasteiger partial charge in [-0.1, -0.05) is 0 Å². The summed E-state index contributed by atoms with van der Waals surface area (Å²) < 4.78 is 5.39. The van der Waals surface area contributed by atoms with Gasteiger partial charge in [0.15, 0.2) is 0 Å². The monoisotopic (exact) mass is 212 g/mol. The molecule has 0 aromatic heterocycles. The fraction of sp³-hybridized carbons (Fsp3) is 1.00. The number of likely N-dealkylation sites (tertiary alicyclic amines) is 1. The van der Waals surface area contributed by atoms with Crippen molar-refractivity contribution in [3.05, 3.63) is 0 Å². The maximum absolute atomic E-state index is 5.95. The van der Waals surface area contributed by atoms with Crippen molar-refractivity contribution in [2.45, 2.75) is 32.2 Å². The van der Waals surface area contributed by atoms with Crippen LogP contribution in [0, 0.1) is 11.8 Å². The van der Waals surface area contributed by atoms with Crippen LogP contribution in [-0.2, 0) is 4.74 Å². The van der Waals surface area contributed by atoms with Crippen molar-refractivity contribution in [2.75, 3.05) is 32.8 Å². The fourth-order valence-corrected chi connectivity index (χ4v) is 2.75. The molecule has 2 aliphatic heterocycles. The van der Waals surface area contributed by atoms with Crippen LogP contribution in [0.2, 0.25) is 0 Å². The lowest BCUT2D eigenvalue weighted by molar-refractivity contribution is 0.0550. The highest BCUT2D eigenvalue weighted by Crippen LogP contribution is 2.22. The van der Waals surface area contributed by atoms with Gasteiger partial charge in [-0.25, -0.2) is 0 Å². The van der Waals surface area contributed by atoms with Crippen molar-refractivity contribution < 1.29 is 4.74 Å². The Labute approximate surface area is 93.0 Å². The van der Waals surface area contributed by atoms with Gasteiger partial charge in [0.05, 0.1) is 0 Å². The van der Waals surface area contributed by atoms with Crippen molar-refractivity contribution in [2.24, 2.45) is 17.6 Å². The van der Waals surface area contributed by atoms with Crippen molar-refractivity contribution in [1.29, 1.82) is 0 Å². The van der Waals surface area contributed by atoms with Gasteiger partial charge in [-0.2, -0.15) is 0 Å². The molecule has 2 saturated heterocycles. The molecule has 2 fully saturated rings. The molecule has 3 heteroatoms. The molecule has 0 amide bonds. The predicted octanol–water partition coefficient (Wildman–Crippen LogP) is 1.08. The van der Waals surface area contributed by atoms with Crippen molar-refractivity contribution in [3.8, 4) is 0 Å². The summed E-state index contributed by atoms with van der Waals surface area (Å²) in [4.78, 5) is 2.60. The molecule has 0 aromatic carbocycles. The SMILES string of the molecule is CC(N)C1CCN(CC2CCOCC2)C1. The summed E-state index contributed by atoms with van der Waals surface area (Å²) in [7, 11) is 0. The summed E-state index contributed by atoms with van der Waals surface area (Å²) >= 11 is 0. The maximum Gasteiger partial charge on any atom is 0.0469 e.